The van der Waals surface area contributed by atoms with Gasteiger partial charge in [-0.25, -0.2) is 0 Å². The monoisotopic (exact) mass is 290 g/mol. The molecule has 0 fully saturated rings. The Balaban J connectivity index is -0.00000112. The fourth-order valence-electron chi connectivity index (χ4n) is 1.81. The van der Waals surface area contributed by atoms with E-state index in [-0.39, 0.29) is 59.0 Å². The Morgan fingerprint density at radius 2 is 1.18 bits per heavy atom. The Bertz CT molecular complexity index is 200. The molecule has 100 valence electrons. The molecule has 0 aromatic heterocycles. The zero-order valence-corrected chi connectivity index (χ0v) is 15.5. The van der Waals surface area contributed by atoms with Gasteiger partial charge in [-0.1, -0.05) is 64.7 Å². The minimum absolute atomic E-state index is 0. The van der Waals surface area contributed by atoms with Crippen molar-refractivity contribution in [2.24, 2.45) is 0 Å². The summed E-state index contributed by atoms with van der Waals surface area (Å²) in [6.07, 6.45) is 12.0. The zero-order chi connectivity index (χ0) is 12.3. The van der Waals surface area contributed by atoms with Crippen LogP contribution in [0.1, 0.15) is 72.6 Å². The first-order valence-corrected chi connectivity index (χ1v) is 8.40. The van der Waals surface area contributed by atoms with Crippen molar-refractivity contribution >= 4 is 7.60 Å². The minimum atomic E-state index is -3.74. The first-order chi connectivity index (χ1) is 7.56. The Kier molecular flexibility index (Phi) is 17.6. The third kappa shape index (κ3) is 20.3. The van der Waals surface area contributed by atoms with E-state index in [1.54, 1.807) is 0 Å². The van der Waals surface area contributed by atoms with Gasteiger partial charge in [0.2, 0.25) is 0 Å². The molecule has 2 N–H and O–H groups in total. The van der Waals surface area contributed by atoms with Crippen molar-refractivity contribution in [2.75, 3.05) is 6.16 Å². The third-order valence-corrected chi connectivity index (χ3v) is 3.70. The summed E-state index contributed by atoms with van der Waals surface area (Å²) in [7, 11) is -3.74. The summed E-state index contributed by atoms with van der Waals surface area (Å²) in [6.45, 7) is 2.22. The maximum Gasteiger partial charge on any atom is 1.00 e. The van der Waals surface area contributed by atoms with E-state index in [1.807, 2.05) is 0 Å². The molecule has 0 bridgehead atoms. The van der Waals surface area contributed by atoms with Crippen LogP contribution in [0.4, 0.5) is 0 Å². The summed E-state index contributed by atoms with van der Waals surface area (Å²) in [5, 5.41) is 0. The minimum Gasteiger partial charge on any atom is -1.00 e. The van der Waals surface area contributed by atoms with Crippen molar-refractivity contribution < 1.29 is 67.2 Å². The van der Waals surface area contributed by atoms with E-state index in [0.717, 1.165) is 12.8 Å². The van der Waals surface area contributed by atoms with Crippen LogP contribution in [-0.4, -0.2) is 15.9 Å². The molecule has 0 unspecified atom stereocenters. The predicted molar refractivity (Wildman–Crippen MR) is 69.9 cm³/mol. The molecule has 0 saturated carbocycles. The van der Waals surface area contributed by atoms with Crippen molar-refractivity contribution in [3.05, 3.63) is 0 Å². The van der Waals surface area contributed by atoms with Gasteiger partial charge in [-0.3, -0.25) is 4.57 Å². The molecule has 0 aromatic carbocycles. The summed E-state index contributed by atoms with van der Waals surface area (Å²) in [5.41, 5.74) is 0. The molecule has 0 spiro atoms. The average molecular weight is 290 g/mol. The topological polar surface area (TPSA) is 57.5 Å². The van der Waals surface area contributed by atoms with Gasteiger partial charge in [-0.05, 0) is 6.42 Å². The standard InChI is InChI=1S/C12H27O3P.K.H/c1-2-3-4-5-6-7-8-9-10-11-12-16(13,14)15;;/h2-12H2,1H3,(H2,13,14,15);;/q;+1;-1. The molecule has 0 amide bonds. The van der Waals surface area contributed by atoms with E-state index in [9.17, 15) is 4.57 Å². The molecular weight excluding hydrogens is 262 g/mol. The van der Waals surface area contributed by atoms with E-state index in [1.165, 1.54) is 44.9 Å². The molecule has 0 radical (unpaired) electrons. The van der Waals surface area contributed by atoms with Crippen molar-refractivity contribution in [2.45, 2.75) is 71.1 Å². The van der Waals surface area contributed by atoms with Gasteiger partial charge in [0.15, 0.2) is 0 Å². The molecule has 0 atom stereocenters. The van der Waals surface area contributed by atoms with Crippen LogP contribution in [0.2, 0.25) is 0 Å². The average Bonchev–Trinajstić information content (AvgIpc) is 2.19. The first-order valence-electron chi connectivity index (χ1n) is 6.61. The quantitative estimate of drug-likeness (QED) is 0.341. The van der Waals surface area contributed by atoms with Crippen LogP contribution >= 0.6 is 7.60 Å². The van der Waals surface area contributed by atoms with Gasteiger partial charge in [-0.15, -0.1) is 0 Å². The van der Waals surface area contributed by atoms with Gasteiger partial charge in [-0.2, -0.15) is 0 Å². The van der Waals surface area contributed by atoms with Crippen molar-refractivity contribution in [3.63, 3.8) is 0 Å². The Labute approximate surface area is 150 Å². The summed E-state index contributed by atoms with van der Waals surface area (Å²) >= 11 is 0. The van der Waals surface area contributed by atoms with Gasteiger partial charge in [0, 0.05) is 6.16 Å². The van der Waals surface area contributed by atoms with Crippen LogP contribution in [0, 0.1) is 0 Å². The van der Waals surface area contributed by atoms with E-state index in [4.69, 9.17) is 9.79 Å². The maximum atomic E-state index is 10.6. The van der Waals surface area contributed by atoms with Crippen LogP contribution in [-0.2, 0) is 4.57 Å². The maximum absolute atomic E-state index is 10.6. The number of hydrogen-bond donors (Lipinski definition) is 2. The number of rotatable bonds is 11. The summed E-state index contributed by atoms with van der Waals surface area (Å²) < 4.78 is 10.6. The van der Waals surface area contributed by atoms with Gasteiger partial charge in [0.05, 0.1) is 0 Å². The molecule has 0 aliphatic heterocycles. The Hall–Kier alpha value is 1.79. The molecule has 0 saturated heterocycles. The van der Waals surface area contributed by atoms with Gasteiger partial charge in [0.25, 0.3) is 0 Å². The molecule has 3 nitrogen and oxygen atoms in total. The molecule has 17 heavy (non-hydrogen) atoms. The summed E-state index contributed by atoms with van der Waals surface area (Å²) in [4.78, 5) is 17.3. The molecule has 0 aliphatic rings. The molecule has 5 heteroatoms. The third-order valence-electron chi connectivity index (χ3n) is 2.80. The van der Waals surface area contributed by atoms with E-state index in [2.05, 4.69) is 6.92 Å². The first kappa shape index (κ1) is 21.1. The second-order valence-corrected chi connectivity index (χ2v) is 6.35. The van der Waals surface area contributed by atoms with Gasteiger partial charge in [0.1, 0.15) is 0 Å². The van der Waals surface area contributed by atoms with Crippen LogP contribution in [0.15, 0.2) is 0 Å². The molecule has 0 aromatic rings. The van der Waals surface area contributed by atoms with Crippen molar-refractivity contribution in [3.8, 4) is 0 Å². The van der Waals surface area contributed by atoms with Crippen LogP contribution in [0.5, 0.6) is 0 Å². The number of unbranched alkanes of at least 4 members (excludes halogenated alkanes) is 9. The summed E-state index contributed by atoms with van der Waals surface area (Å²) in [5.74, 6) is 0. The second kappa shape index (κ2) is 14.2. The second-order valence-electron chi connectivity index (χ2n) is 4.57. The molecular formula is C12H28KO3P. The van der Waals surface area contributed by atoms with E-state index >= 15 is 0 Å². The molecule has 0 aliphatic carbocycles. The van der Waals surface area contributed by atoms with Gasteiger partial charge >= 0.3 is 59.0 Å². The van der Waals surface area contributed by atoms with Gasteiger partial charge < -0.3 is 11.2 Å². The Morgan fingerprint density at radius 3 is 1.53 bits per heavy atom. The zero-order valence-electron chi connectivity index (χ0n) is 12.5. The number of hydrogen-bond acceptors (Lipinski definition) is 1. The largest absolute Gasteiger partial charge is 1.00 e. The van der Waals surface area contributed by atoms with Crippen LogP contribution < -0.4 is 51.4 Å². The van der Waals surface area contributed by atoms with E-state index in [0.29, 0.717) is 6.42 Å². The fourth-order valence-corrected chi connectivity index (χ4v) is 2.44. The predicted octanol–water partition coefficient (Wildman–Crippen LogP) is 1.20. The van der Waals surface area contributed by atoms with Crippen molar-refractivity contribution in [1.29, 1.82) is 0 Å². The molecule has 0 rings (SSSR count). The van der Waals surface area contributed by atoms with E-state index < -0.39 is 7.60 Å². The van der Waals surface area contributed by atoms with Crippen LogP contribution in [0.3, 0.4) is 0 Å². The normalized spacial score (nSPS) is 11.2. The SMILES string of the molecule is CCCCCCCCCCCCP(=O)(O)O.[H-].[K+]. The Morgan fingerprint density at radius 1 is 0.824 bits per heavy atom. The fraction of sp³-hybridized carbons (Fsp3) is 1.00. The molecule has 0 heterocycles. The smallest absolute Gasteiger partial charge is 1.00 e. The van der Waals surface area contributed by atoms with Crippen LogP contribution in [0.25, 0.3) is 0 Å². The summed E-state index contributed by atoms with van der Waals surface area (Å²) in [6, 6.07) is 0. The van der Waals surface area contributed by atoms with Crippen molar-refractivity contribution in [1.82, 2.24) is 0 Å².